The Morgan fingerprint density at radius 1 is 0.920 bits per heavy atom. The Bertz CT molecular complexity index is 416. The summed E-state index contributed by atoms with van der Waals surface area (Å²) in [6.07, 6.45) is 16.5. The fraction of sp³-hybridized carbons (Fsp3) is 0.333. The number of ether oxygens (including phenoxy) is 2. The molecule has 0 aromatic heterocycles. The van der Waals surface area contributed by atoms with Crippen molar-refractivity contribution in [3.05, 3.63) is 63.7 Å². The minimum Gasteiger partial charge on any atom is -0.469 e. The van der Waals surface area contributed by atoms with Gasteiger partial charge in [0.25, 0.3) is 0 Å². The molecule has 7 heteroatoms. The predicted molar refractivity (Wildman–Crippen MR) is 85.9 cm³/mol. The van der Waals surface area contributed by atoms with E-state index in [0.29, 0.717) is 0 Å². The van der Waals surface area contributed by atoms with Crippen LogP contribution >= 0.6 is 0 Å². The average Bonchev–Trinajstić information content (AvgIpc) is 3.34. The smallest absolute Gasteiger partial charge is 0.469 e. The summed E-state index contributed by atoms with van der Waals surface area (Å²) in [4.78, 5) is 29.1. The van der Waals surface area contributed by atoms with E-state index in [1.807, 2.05) is 57.8 Å². The molecule has 0 unspecified atom stereocenters. The SMILES string of the molecule is COC(=O)[C@H]1[C@@H]([C]2[CH][CH][CH][CH]2)N(C)O[C@H]1C(=O)OC.[CH]1[CH][CH][CH][CH]1.[Fe+2]. The molecule has 0 N–H and O–H groups in total. The van der Waals surface area contributed by atoms with E-state index in [1.54, 1.807) is 7.05 Å². The number of nitrogens with zero attached hydrogens (tertiary/aromatic N) is 1. The molecule has 1 aliphatic heterocycles. The molecule has 10 radical (unpaired) electrons. The van der Waals surface area contributed by atoms with Crippen molar-refractivity contribution < 1.29 is 41.0 Å². The third-order valence-electron chi connectivity index (χ3n) is 3.83. The molecule has 25 heavy (non-hydrogen) atoms. The summed E-state index contributed by atoms with van der Waals surface area (Å²) in [7, 11) is 4.23. The molecule has 2 saturated carbocycles. The first-order chi connectivity index (χ1) is 11.6. The maximum absolute atomic E-state index is 12.0. The second-order valence-electron chi connectivity index (χ2n) is 5.27. The first kappa shape index (κ1) is 22.4. The van der Waals surface area contributed by atoms with E-state index in [0.717, 1.165) is 5.92 Å². The van der Waals surface area contributed by atoms with E-state index in [9.17, 15) is 9.59 Å². The van der Waals surface area contributed by atoms with Crippen LogP contribution in [0.5, 0.6) is 0 Å². The van der Waals surface area contributed by atoms with Crippen molar-refractivity contribution >= 4 is 11.9 Å². The summed E-state index contributed by atoms with van der Waals surface area (Å²) in [5, 5.41) is 1.50. The normalized spacial score (nSPS) is 29.5. The van der Waals surface area contributed by atoms with Crippen LogP contribution in [0.3, 0.4) is 0 Å². The number of rotatable bonds is 3. The molecule has 2 aliphatic carbocycles. The molecular weight excluding hydrogens is 366 g/mol. The van der Waals surface area contributed by atoms with E-state index in [2.05, 4.69) is 4.74 Å². The van der Waals surface area contributed by atoms with Gasteiger partial charge in [-0.2, -0.15) is 5.06 Å². The van der Waals surface area contributed by atoms with Crippen LogP contribution in [-0.2, 0) is 41.0 Å². The Labute approximate surface area is 161 Å². The van der Waals surface area contributed by atoms with Crippen molar-refractivity contribution in [3.8, 4) is 0 Å². The number of carbonyl (C=O) groups is 2. The fourth-order valence-corrected chi connectivity index (χ4v) is 2.72. The molecule has 3 aliphatic rings. The second kappa shape index (κ2) is 11.2. The molecule has 1 saturated heterocycles. The molecule has 6 nitrogen and oxygen atoms in total. The van der Waals surface area contributed by atoms with Crippen molar-refractivity contribution in [2.75, 3.05) is 21.3 Å². The fourth-order valence-electron chi connectivity index (χ4n) is 2.72. The van der Waals surface area contributed by atoms with Gasteiger partial charge in [0, 0.05) is 13.0 Å². The molecule has 1 heterocycles. The van der Waals surface area contributed by atoms with Gasteiger partial charge < -0.3 is 9.47 Å². The standard InChI is InChI=1S/C13H16NO5.C5H5.Fe/c1-14-10(8-6-4-5-7-8)9(12(15)17-2)11(19-14)13(16)18-3;1-2-4-5-3-1;/h4-7,9-11H,1-3H3;1-5H;/q;;+2/t9-,10+,11+;;/m0../s1. The van der Waals surface area contributed by atoms with Crippen molar-refractivity contribution in [2.45, 2.75) is 12.1 Å². The molecular formula is C18H21FeNO5+2. The van der Waals surface area contributed by atoms with E-state index in [4.69, 9.17) is 9.57 Å². The molecule has 0 bridgehead atoms. The summed E-state index contributed by atoms with van der Waals surface area (Å²) < 4.78 is 9.46. The molecule has 134 valence electrons. The molecule has 3 fully saturated rings. The summed E-state index contributed by atoms with van der Waals surface area (Å²) in [5.74, 6) is -0.934. The number of hydroxylamine groups is 2. The van der Waals surface area contributed by atoms with E-state index < -0.39 is 24.0 Å². The van der Waals surface area contributed by atoms with Gasteiger partial charge in [-0.25, -0.2) is 4.79 Å². The molecule has 0 aromatic carbocycles. The Hall–Kier alpha value is -0.621. The Balaban J connectivity index is 0.000000448. The molecule has 0 spiro atoms. The van der Waals surface area contributed by atoms with Crippen molar-refractivity contribution in [1.29, 1.82) is 0 Å². The van der Waals surface area contributed by atoms with E-state index in [-0.39, 0.29) is 23.1 Å². The number of hydrogen-bond acceptors (Lipinski definition) is 6. The summed E-state index contributed by atoms with van der Waals surface area (Å²) in [6, 6.07) is -0.369. The zero-order valence-electron chi connectivity index (χ0n) is 14.3. The number of carbonyl (C=O) groups excluding carboxylic acids is 2. The van der Waals surface area contributed by atoms with Crippen LogP contribution in [0.2, 0.25) is 0 Å². The average molecular weight is 387 g/mol. The van der Waals surface area contributed by atoms with Gasteiger partial charge in [-0.15, -0.1) is 0 Å². The van der Waals surface area contributed by atoms with Crippen LogP contribution in [0, 0.1) is 69.6 Å². The van der Waals surface area contributed by atoms with Gasteiger partial charge in [-0.05, 0) is 57.8 Å². The van der Waals surface area contributed by atoms with Gasteiger partial charge in [-0.1, -0.05) is 0 Å². The van der Waals surface area contributed by atoms with E-state index >= 15 is 0 Å². The topological polar surface area (TPSA) is 65.1 Å². The molecule has 0 aromatic rings. The zero-order valence-corrected chi connectivity index (χ0v) is 15.4. The number of methoxy groups -OCH3 is 2. The second-order valence-corrected chi connectivity index (χ2v) is 5.27. The predicted octanol–water partition coefficient (Wildman–Crippen LogP) is 0.987. The number of esters is 2. The summed E-state index contributed by atoms with van der Waals surface area (Å²) in [5.41, 5.74) is 0. The quantitative estimate of drug-likeness (QED) is 0.532. The van der Waals surface area contributed by atoms with Crippen LogP contribution in [0.25, 0.3) is 0 Å². The molecule has 0 amide bonds. The largest absolute Gasteiger partial charge is 2.00 e. The summed E-state index contributed by atoms with van der Waals surface area (Å²) in [6.45, 7) is 0. The first-order valence-corrected chi connectivity index (χ1v) is 7.53. The van der Waals surface area contributed by atoms with Gasteiger partial charge in [0.15, 0.2) is 6.10 Å². The van der Waals surface area contributed by atoms with E-state index in [1.165, 1.54) is 19.3 Å². The van der Waals surface area contributed by atoms with Crippen molar-refractivity contribution in [1.82, 2.24) is 5.06 Å². The third kappa shape index (κ3) is 5.68. The zero-order chi connectivity index (χ0) is 17.5. The maximum Gasteiger partial charge on any atom is 2.00 e. The maximum atomic E-state index is 12.0. The minimum absolute atomic E-state index is 0. The Kier molecular flexibility index (Phi) is 10.0. The molecule has 3 atom stereocenters. The molecule has 3 rings (SSSR count). The van der Waals surface area contributed by atoms with Gasteiger partial charge >= 0.3 is 29.0 Å². The number of hydrogen-bond donors (Lipinski definition) is 0. The third-order valence-corrected chi connectivity index (χ3v) is 3.83. The van der Waals surface area contributed by atoms with Gasteiger partial charge in [0.2, 0.25) is 0 Å². The van der Waals surface area contributed by atoms with Gasteiger partial charge in [0.1, 0.15) is 5.92 Å². The van der Waals surface area contributed by atoms with Crippen LogP contribution < -0.4 is 0 Å². The van der Waals surface area contributed by atoms with Gasteiger partial charge in [-0.3, -0.25) is 9.63 Å². The first-order valence-electron chi connectivity index (χ1n) is 7.53. The van der Waals surface area contributed by atoms with Crippen LogP contribution in [0.4, 0.5) is 0 Å². The van der Waals surface area contributed by atoms with Crippen LogP contribution in [0.1, 0.15) is 0 Å². The summed E-state index contributed by atoms with van der Waals surface area (Å²) >= 11 is 0. The van der Waals surface area contributed by atoms with Crippen molar-refractivity contribution in [2.24, 2.45) is 5.92 Å². The monoisotopic (exact) mass is 387 g/mol. The Morgan fingerprint density at radius 3 is 1.84 bits per heavy atom. The Morgan fingerprint density at radius 2 is 1.40 bits per heavy atom. The van der Waals surface area contributed by atoms with Crippen molar-refractivity contribution in [3.63, 3.8) is 0 Å². The minimum atomic E-state index is -0.984. The van der Waals surface area contributed by atoms with Crippen LogP contribution in [-0.4, -0.2) is 50.4 Å². The van der Waals surface area contributed by atoms with Crippen LogP contribution in [0.15, 0.2) is 0 Å². The van der Waals surface area contributed by atoms with Gasteiger partial charge in [0.05, 0.1) is 20.3 Å².